The van der Waals surface area contributed by atoms with E-state index < -0.39 is 0 Å². The van der Waals surface area contributed by atoms with Crippen LogP contribution in [0.25, 0.3) is 0 Å². The summed E-state index contributed by atoms with van der Waals surface area (Å²) in [5, 5.41) is 8.93. The molecule has 0 atom stereocenters. The van der Waals surface area contributed by atoms with Gasteiger partial charge in [0.25, 0.3) is 0 Å². The van der Waals surface area contributed by atoms with Gasteiger partial charge in [0.1, 0.15) is 6.79 Å². The van der Waals surface area contributed by atoms with Gasteiger partial charge in [-0.1, -0.05) is 0 Å². The van der Waals surface area contributed by atoms with Gasteiger partial charge in [-0.2, -0.15) is 5.26 Å². The summed E-state index contributed by atoms with van der Waals surface area (Å²) in [6.07, 6.45) is 10.2. The third-order valence-electron chi connectivity index (χ3n) is 4.76. The van der Waals surface area contributed by atoms with Crippen molar-refractivity contribution in [1.29, 1.82) is 5.26 Å². The van der Waals surface area contributed by atoms with E-state index in [0.29, 0.717) is 18.8 Å². The van der Waals surface area contributed by atoms with Gasteiger partial charge in [-0.3, -0.25) is 0 Å². The van der Waals surface area contributed by atoms with Gasteiger partial charge in [0.2, 0.25) is 0 Å². The average Bonchev–Trinajstić information content (AvgIpc) is 2.46. The Morgan fingerprint density at radius 2 is 1.50 bits per heavy atom. The van der Waals surface area contributed by atoms with E-state index in [9.17, 15) is 0 Å². The molecular weight excluding hydrogens is 226 g/mol. The summed E-state index contributed by atoms with van der Waals surface area (Å²) in [5.74, 6) is 2.09. The second-order valence-electron chi connectivity index (χ2n) is 5.85. The molecule has 18 heavy (non-hydrogen) atoms. The smallest absolute Gasteiger partial charge is 0.146 e. The van der Waals surface area contributed by atoms with Gasteiger partial charge >= 0.3 is 0 Å². The Morgan fingerprint density at radius 1 is 0.944 bits per heavy atom. The number of nitriles is 1. The van der Waals surface area contributed by atoms with Crippen LogP contribution in [0.2, 0.25) is 0 Å². The number of ether oxygens (including phenoxy) is 2. The normalized spacial score (nSPS) is 37.1. The first-order chi connectivity index (χ1) is 8.83. The van der Waals surface area contributed by atoms with E-state index in [-0.39, 0.29) is 0 Å². The van der Waals surface area contributed by atoms with Gasteiger partial charge in [0.05, 0.1) is 12.2 Å². The van der Waals surface area contributed by atoms with Crippen LogP contribution in [0, 0.1) is 29.1 Å². The summed E-state index contributed by atoms with van der Waals surface area (Å²) < 4.78 is 10.6. The van der Waals surface area contributed by atoms with Crippen LogP contribution in [0.5, 0.6) is 0 Å². The molecule has 2 rings (SSSR count). The van der Waals surface area contributed by atoms with Gasteiger partial charge in [-0.25, -0.2) is 0 Å². The highest BCUT2D eigenvalue weighted by Crippen LogP contribution is 2.40. The van der Waals surface area contributed by atoms with Crippen LogP contribution in [0.3, 0.4) is 0 Å². The molecule has 0 aliphatic heterocycles. The van der Waals surface area contributed by atoms with E-state index in [0.717, 1.165) is 24.7 Å². The lowest BCUT2D eigenvalue weighted by Gasteiger charge is -2.36. The van der Waals surface area contributed by atoms with Gasteiger partial charge < -0.3 is 9.47 Å². The molecule has 0 aromatic rings. The van der Waals surface area contributed by atoms with Crippen molar-refractivity contribution in [3.8, 4) is 6.07 Å². The van der Waals surface area contributed by atoms with Crippen molar-refractivity contribution < 1.29 is 9.47 Å². The lowest BCUT2D eigenvalue weighted by molar-refractivity contribution is -0.0884. The third kappa shape index (κ3) is 3.70. The summed E-state index contributed by atoms with van der Waals surface area (Å²) in [5.41, 5.74) is 0. The maximum atomic E-state index is 8.93. The van der Waals surface area contributed by atoms with Crippen LogP contribution in [0.1, 0.15) is 51.4 Å². The predicted molar refractivity (Wildman–Crippen MR) is 69.8 cm³/mol. The maximum absolute atomic E-state index is 8.93. The number of rotatable bonds is 4. The summed E-state index contributed by atoms with van der Waals surface area (Å²) >= 11 is 0. The molecule has 0 radical (unpaired) electrons. The molecule has 0 amide bonds. The summed E-state index contributed by atoms with van der Waals surface area (Å²) in [6, 6.07) is 2.42. The molecule has 2 aliphatic rings. The van der Waals surface area contributed by atoms with Crippen LogP contribution >= 0.6 is 0 Å². The highest BCUT2D eigenvalue weighted by atomic mass is 16.7. The molecule has 3 heteroatoms. The Bertz CT molecular complexity index is 271. The van der Waals surface area contributed by atoms with Crippen LogP contribution in [0.15, 0.2) is 0 Å². The minimum absolute atomic E-state index is 0.336. The van der Waals surface area contributed by atoms with Gasteiger partial charge in [-0.15, -0.1) is 0 Å². The number of nitrogens with zero attached hydrogens (tertiary/aromatic N) is 1. The van der Waals surface area contributed by atoms with Gasteiger partial charge in [0.15, 0.2) is 0 Å². The molecule has 0 heterocycles. The number of methoxy groups -OCH3 is 1. The second kappa shape index (κ2) is 7.11. The number of hydrogen-bond donors (Lipinski definition) is 0. The van der Waals surface area contributed by atoms with E-state index in [1.54, 1.807) is 7.11 Å². The molecule has 0 spiro atoms. The molecule has 0 N–H and O–H groups in total. The van der Waals surface area contributed by atoms with E-state index in [1.807, 2.05) is 0 Å². The lowest BCUT2D eigenvalue weighted by Crippen LogP contribution is -2.28. The standard InChI is InChI=1S/C15H25NO2/c1-17-11-18-15-8-6-14(7-9-15)13-4-2-12(10-16)3-5-13/h12-15H,2-9,11H2,1H3. The summed E-state index contributed by atoms with van der Waals surface area (Å²) in [6.45, 7) is 0.433. The van der Waals surface area contributed by atoms with E-state index in [2.05, 4.69) is 6.07 Å². The maximum Gasteiger partial charge on any atom is 0.146 e. The van der Waals surface area contributed by atoms with Crippen molar-refractivity contribution in [2.24, 2.45) is 17.8 Å². The van der Waals surface area contributed by atoms with Crippen molar-refractivity contribution >= 4 is 0 Å². The molecule has 3 nitrogen and oxygen atoms in total. The van der Waals surface area contributed by atoms with Crippen LogP contribution < -0.4 is 0 Å². The molecule has 0 unspecified atom stereocenters. The molecule has 2 fully saturated rings. The Hall–Kier alpha value is -0.590. The highest BCUT2D eigenvalue weighted by Gasteiger charge is 2.30. The minimum Gasteiger partial charge on any atom is -0.359 e. The molecule has 0 bridgehead atoms. The fourth-order valence-electron chi connectivity index (χ4n) is 3.61. The van der Waals surface area contributed by atoms with Crippen molar-refractivity contribution in [2.45, 2.75) is 57.5 Å². The Labute approximate surface area is 110 Å². The largest absolute Gasteiger partial charge is 0.359 e. The zero-order valence-corrected chi connectivity index (χ0v) is 11.4. The first-order valence-corrected chi connectivity index (χ1v) is 7.33. The van der Waals surface area contributed by atoms with E-state index in [1.165, 1.54) is 38.5 Å². The Kier molecular flexibility index (Phi) is 5.46. The monoisotopic (exact) mass is 251 g/mol. The zero-order chi connectivity index (χ0) is 12.8. The van der Waals surface area contributed by atoms with Crippen molar-refractivity contribution in [2.75, 3.05) is 13.9 Å². The molecule has 0 saturated heterocycles. The summed E-state index contributed by atoms with van der Waals surface area (Å²) in [7, 11) is 1.68. The molecule has 102 valence electrons. The van der Waals surface area contributed by atoms with E-state index >= 15 is 0 Å². The second-order valence-corrected chi connectivity index (χ2v) is 5.85. The number of hydrogen-bond acceptors (Lipinski definition) is 3. The Morgan fingerprint density at radius 3 is 2.00 bits per heavy atom. The van der Waals surface area contributed by atoms with Crippen LogP contribution in [-0.4, -0.2) is 20.0 Å². The molecule has 0 aromatic carbocycles. The first-order valence-electron chi connectivity index (χ1n) is 7.33. The van der Waals surface area contributed by atoms with Crippen LogP contribution in [-0.2, 0) is 9.47 Å². The lowest BCUT2D eigenvalue weighted by atomic mass is 9.71. The quantitative estimate of drug-likeness (QED) is 0.718. The molecule has 2 saturated carbocycles. The van der Waals surface area contributed by atoms with Crippen LogP contribution in [0.4, 0.5) is 0 Å². The average molecular weight is 251 g/mol. The van der Waals surface area contributed by atoms with Crippen molar-refractivity contribution in [3.63, 3.8) is 0 Å². The minimum atomic E-state index is 0.336. The first kappa shape index (κ1) is 13.8. The van der Waals surface area contributed by atoms with Crippen molar-refractivity contribution in [3.05, 3.63) is 0 Å². The SMILES string of the molecule is COCOC1CCC(C2CCC(C#N)CC2)CC1. The predicted octanol–water partition coefficient (Wildman–Crippen LogP) is 3.50. The van der Waals surface area contributed by atoms with Crippen molar-refractivity contribution in [1.82, 2.24) is 0 Å². The third-order valence-corrected chi connectivity index (χ3v) is 4.76. The van der Waals surface area contributed by atoms with Gasteiger partial charge in [0, 0.05) is 13.0 Å². The fraction of sp³-hybridized carbons (Fsp3) is 0.933. The fourth-order valence-corrected chi connectivity index (χ4v) is 3.61. The molecule has 0 aromatic heterocycles. The zero-order valence-electron chi connectivity index (χ0n) is 11.4. The van der Waals surface area contributed by atoms with Gasteiger partial charge in [-0.05, 0) is 63.2 Å². The molecular formula is C15H25NO2. The van der Waals surface area contributed by atoms with E-state index in [4.69, 9.17) is 14.7 Å². The molecule has 2 aliphatic carbocycles. The Balaban J connectivity index is 1.69. The highest BCUT2D eigenvalue weighted by molar-refractivity contribution is 4.89. The topological polar surface area (TPSA) is 42.2 Å². The summed E-state index contributed by atoms with van der Waals surface area (Å²) in [4.78, 5) is 0.